The van der Waals surface area contributed by atoms with Crippen LogP contribution in [-0.4, -0.2) is 32.3 Å². The number of hydrazone groups is 1. The summed E-state index contributed by atoms with van der Waals surface area (Å²) in [4.78, 5) is 21.6. The van der Waals surface area contributed by atoms with Crippen molar-refractivity contribution in [2.75, 3.05) is 0 Å². The van der Waals surface area contributed by atoms with Gasteiger partial charge in [0.15, 0.2) is 5.69 Å². The number of aromatic amines is 1. The average Bonchev–Trinajstić information content (AvgIpc) is 2.87. The van der Waals surface area contributed by atoms with Crippen LogP contribution in [0.1, 0.15) is 21.7 Å². The molecule has 0 saturated carbocycles. The first-order valence-corrected chi connectivity index (χ1v) is 5.81. The van der Waals surface area contributed by atoms with E-state index in [2.05, 4.69) is 20.7 Å². The number of phenols is 1. The van der Waals surface area contributed by atoms with E-state index in [4.69, 9.17) is 0 Å². The summed E-state index contributed by atoms with van der Waals surface area (Å²) in [6.07, 6.45) is 1.11. The molecule has 0 saturated heterocycles. The van der Waals surface area contributed by atoms with Crippen molar-refractivity contribution in [3.8, 4) is 5.75 Å². The minimum Gasteiger partial charge on any atom is -0.502 e. The van der Waals surface area contributed by atoms with Gasteiger partial charge in [0.25, 0.3) is 5.91 Å². The van der Waals surface area contributed by atoms with Crippen molar-refractivity contribution in [3.63, 3.8) is 0 Å². The van der Waals surface area contributed by atoms with Crippen molar-refractivity contribution < 1.29 is 14.8 Å². The fourth-order valence-corrected chi connectivity index (χ4v) is 1.55. The molecule has 0 bridgehead atoms. The third-order valence-electron chi connectivity index (χ3n) is 2.55. The van der Waals surface area contributed by atoms with Gasteiger partial charge in [0.1, 0.15) is 0 Å². The third-order valence-corrected chi connectivity index (χ3v) is 2.55. The number of para-hydroxylation sites is 1. The number of nitrogens with zero attached hydrogens (tertiary/aromatic N) is 3. The van der Waals surface area contributed by atoms with Crippen LogP contribution in [0.25, 0.3) is 0 Å². The molecule has 9 nitrogen and oxygen atoms in total. The Balaban J connectivity index is 2.10. The molecule has 0 aliphatic rings. The van der Waals surface area contributed by atoms with E-state index < -0.39 is 22.3 Å². The molecule has 0 aliphatic carbocycles. The molecule has 0 aliphatic heterocycles. The molecule has 0 spiro atoms. The molecular weight excluding hydrogens is 278 g/mol. The molecule has 2 rings (SSSR count). The molecule has 0 atom stereocenters. The minimum absolute atomic E-state index is 0.114. The van der Waals surface area contributed by atoms with Gasteiger partial charge in [0, 0.05) is 17.3 Å². The number of hydrogen-bond donors (Lipinski definition) is 3. The maximum absolute atomic E-state index is 11.6. The van der Waals surface area contributed by atoms with Gasteiger partial charge < -0.3 is 5.11 Å². The number of carbonyl (C=O) groups is 1. The molecule has 21 heavy (non-hydrogen) atoms. The Morgan fingerprint density at radius 2 is 2.33 bits per heavy atom. The normalized spacial score (nSPS) is 10.7. The van der Waals surface area contributed by atoms with E-state index >= 15 is 0 Å². The Morgan fingerprint density at radius 1 is 1.57 bits per heavy atom. The Kier molecular flexibility index (Phi) is 3.93. The number of carbonyl (C=O) groups excluding carboxylic acids is 1. The zero-order valence-electron chi connectivity index (χ0n) is 10.9. The number of phenolic OH excluding ortho intramolecular Hbond substituents is 1. The topological polar surface area (TPSA) is 134 Å². The van der Waals surface area contributed by atoms with E-state index in [0.717, 1.165) is 18.0 Å². The largest absolute Gasteiger partial charge is 0.502 e. The van der Waals surface area contributed by atoms with Gasteiger partial charge in [-0.15, -0.1) is 0 Å². The summed E-state index contributed by atoms with van der Waals surface area (Å²) in [6, 6.07) is 5.53. The van der Waals surface area contributed by atoms with E-state index in [1.165, 1.54) is 18.2 Å². The molecule has 1 heterocycles. The van der Waals surface area contributed by atoms with Gasteiger partial charge in [-0.3, -0.25) is 20.0 Å². The lowest BCUT2D eigenvalue weighted by Crippen LogP contribution is -2.18. The van der Waals surface area contributed by atoms with E-state index in [0.29, 0.717) is 0 Å². The highest BCUT2D eigenvalue weighted by Gasteiger charge is 2.15. The Morgan fingerprint density at radius 3 is 2.95 bits per heavy atom. The van der Waals surface area contributed by atoms with Gasteiger partial charge in [-0.25, -0.2) is 5.43 Å². The van der Waals surface area contributed by atoms with Crippen LogP contribution in [0.15, 0.2) is 29.4 Å². The van der Waals surface area contributed by atoms with Crippen molar-refractivity contribution in [1.82, 2.24) is 15.6 Å². The average molecular weight is 289 g/mol. The fourth-order valence-electron chi connectivity index (χ4n) is 1.55. The van der Waals surface area contributed by atoms with Crippen LogP contribution in [0, 0.1) is 17.0 Å². The number of aryl methyl sites for hydroxylation is 1. The van der Waals surface area contributed by atoms with Gasteiger partial charge in [-0.2, -0.15) is 10.2 Å². The second kappa shape index (κ2) is 5.82. The lowest BCUT2D eigenvalue weighted by molar-refractivity contribution is -0.385. The molecule has 108 valence electrons. The number of benzene rings is 1. The number of amides is 1. The second-order valence-corrected chi connectivity index (χ2v) is 4.11. The molecule has 9 heteroatoms. The SMILES string of the molecule is Cc1cc(C(=O)N/N=C\c2cccc([N+](=O)[O-])c2O)n[nH]1. The number of nitro benzene ring substituents is 1. The first-order valence-electron chi connectivity index (χ1n) is 5.81. The van der Waals surface area contributed by atoms with E-state index in [1.807, 2.05) is 0 Å². The summed E-state index contributed by atoms with van der Waals surface area (Å²) in [5.41, 5.74) is 2.76. The van der Waals surface area contributed by atoms with E-state index in [1.54, 1.807) is 6.92 Å². The maximum Gasteiger partial charge on any atom is 0.311 e. The zero-order chi connectivity index (χ0) is 15.4. The van der Waals surface area contributed by atoms with Crippen LogP contribution < -0.4 is 5.43 Å². The number of aromatic nitrogens is 2. The monoisotopic (exact) mass is 289 g/mol. The molecule has 3 N–H and O–H groups in total. The number of H-pyrrole nitrogens is 1. The van der Waals surface area contributed by atoms with Crippen LogP contribution >= 0.6 is 0 Å². The summed E-state index contributed by atoms with van der Waals surface area (Å²) in [6.45, 7) is 1.74. The fraction of sp³-hybridized carbons (Fsp3) is 0.0833. The number of nitrogens with one attached hydrogen (secondary N) is 2. The van der Waals surface area contributed by atoms with Crippen LogP contribution in [0.4, 0.5) is 5.69 Å². The number of aromatic hydroxyl groups is 1. The summed E-state index contributed by atoms with van der Waals surface area (Å²) in [5, 5.41) is 30.3. The van der Waals surface area contributed by atoms with Gasteiger partial charge in [0.2, 0.25) is 5.75 Å². The Labute approximate surface area is 118 Å². The summed E-state index contributed by atoms with van der Waals surface area (Å²) >= 11 is 0. The standard InChI is InChI=1S/C12H11N5O4/c1-7-5-9(15-14-7)12(19)16-13-6-8-3-2-4-10(11(8)18)17(20)21/h2-6,18H,1H3,(H,14,15)(H,16,19)/b13-6-. The van der Waals surface area contributed by atoms with Crippen molar-refractivity contribution in [2.45, 2.75) is 6.92 Å². The second-order valence-electron chi connectivity index (χ2n) is 4.11. The molecular formula is C12H11N5O4. The molecule has 1 amide bonds. The molecule has 0 radical (unpaired) electrons. The molecule has 1 aromatic carbocycles. The summed E-state index contributed by atoms with van der Waals surface area (Å²) < 4.78 is 0. The predicted molar refractivity (Wildman–Crippen MR) is 73.1 cm³/mol. The highest BCUT2D eigenvalue weighted by molar-refractivity contribution is 5.93. The van der Waals surface area contributed by atoms with Gasteiger partial charge in [-0.05, 0) is 19.1 Å². The van der Waals surface area contributed by atoms with Crippen molar-refractivity contribution in [1.29, 1.82) is 0 Å². The van der Waals surface area contributed by atoms with Crippen molar-refractivity contribution in [2.24, 2.45) is 5.10 Å². The number of nitro groups is 1. The highest BCUT2D eigenvalue weighted by atomic mass is 16.6. The quantitative estimate of drug-likeness (QED) is 0.440. The van der Waals surface area contributed by atoms with Gasteiger partial charge in [0.05, 0.1) is 11.1 Å². The predicted octanol–water partition coefficient (Wildman–Crippen LogP) is 1.10. The Bertz CT molecular complexity index is 722. The zero-order valence-corrected chi connectivity index (χ0v) is 10.9. The third kappa shape index (κ3) is 3.21. The van der Waals surface area contributed by atoms with E-state index in [9.17, 15) is 20.0 Å². The molecule has 0 fully saturated rings. The van der Waals surface area contributed by atoms with Gasteiger partial charge in [-0.1, -0.05) is 6.07 Å². The van der Waals surface area contributed by atoms with Crippen LogP contribution in [0.3, 0.4) is 0 Å². The molecule has 2 aromatic rings. The Hall–Kier alpha value is -3.23. The summed E-state index contributed by atoms with van der Waals surface area (Å²) in [5.74, 6) is -1.06. The number of hydrogen-bond acceptors (Lipinski definition) is 6. The molecule has 1 aromatic heterocycles. The highest BCUT2D eigenvalue weighted by Crippen LogP contribution is 2.27. The van der Waals surface area contributed by atoms with Crippen LogP contribution in [0.5, 0.6) is 5.75 Å². The van der Waals surface area contributed by atoms with Crippen LogP contribution in [-0.2, 0) is 0 Å². The maximum atomic E-state index is 11.6. The lowest BCUT2D eigenvalue weighted by Gasteiger charge is -1.99. The first kappa shape index (κ1) is 14.2. The van der Waals surface area contributed by atoms with Crippen molar-refractivity contribution >= 4 is 17.8 Å². The van der Waals surface area contributed by atoms with Gasteiger partial charge >= 0.3 is 5.69 Å². The molecule has 0 unspecified atom stereocenters. The summed E-state index contributed by atoms with van der Waals surface area (Å²) in [7, 11) is 0. The minimum atomic E-state index is -0.711. The van der Waals surface area contributed by atoms with E-state index in [-0.39, 0.29) is 11.3 Å². The smallest absolute Gasteiger partial charge is 0.311 e. The first-order chi connectivity index (χ1) is 9.99. The van der Waals surface area contributed by atoms with Crippen molar-refractivity contribution in [3.05, 3.63) is 51.3 Å². The lowest BCUT2D eigenvalue weighted by atomic mass is 10.2. The van der Waals surface area contributed by atoms with Crippen LogP contribution in [0.2, 0.25) is 0 Å². The number of rotatable bonds is 4.